The van der Waals surface area contributed by atoms with Crippen molar-refractivity contribution in [2.24, 2.45) is 0 Å². The first kappa shape index (κ1) is 62.7. The lowest BCUT2D eigenvalue weighted by molar-refractivity contribution is 0.667. The van der Waals surface area contributed by atoms with Gasteiger partial charge in [-0.15, -0.1) is 0 Å². The summed E-state index contributed by atoms with van der Waals surface area (Å²) < 4.78 is 4.91. The molecule has 2 heteroatoms. The maximum atomic E-state index is 2.46. The number of para-hydroxylation sites is 4. The van der Waals surface area contributed by atoms with Crippen LogP contribution in [0.2, 0.25) is 0 Å². The number of rotatable bonds is 7. The fourth-order valence-corrected chi connectivity index (χ4v) is 18.9. The van der Waals surface area contributed by atoms with Crippen LogP contribution >= 0.6 is 0 Å². The van der Waals surface area contributed by atoms with E-state index in [1.54, 1.807) is 0 Å². The Kier molecular flexibility index (Phi) is 14.0. The van der Waals surface area contributed by atoms with E-state index in [0.717, 1.165) is 11.4 Å². The fraction of sp³-hybridized carbons (Fsp3) is 0.0857. The van der Waals surface area contributed by atoms with E-state index in [0.29, 0.717) is 5.92 Å². The molecular weight excluding hydrogens is 1290 g/mol. The number of benzene rings is 18. The van der Waals surface area contributed by atoms with E-state index in [1.165, 1.54) is 203 Å². The maximum Gasteiger partial charge on any atom is 0.0541 e. The molecule has 20 aromatic rings. The zero-order valence-electron chi connectivity index (χ0n) is 60.9. The summed E-state index contributed by atoms with van der Waals surface area (Å²) in [5, 5.41) is 20.6. The second-order valence-electron chi connectivity index (χ2n) is 31.4. The lowest BCUT2D eigenvalue weighted by Crippen LogP contribution is -2.16. The van der Waals surface area contributed by atoms with Crippen LogP contribution in [0.5, 0.6) is 0 Å². The van der Waals surface area contributed by atoms with Gasteiger partial charge in [-0.25, -0.2) is 0 Å². The molecule has 2 heterocycles. The summed E-state index contributed by atoms with van der Waals surface area (Å²) in [6.45, 7) is 14.2. The monoisotopic (exact) mass is 1360 g/mol. The fourth-order valence-electron chi connectivity index (χ4n) is 18.9. The van der Waals surface area contributed by atoms with Crippen LogP contribution in [0.25, 0.3) is 186 Å². The van der Waals surface area contributed by atoms with Crippen LogP contribution < -0.4 is 0 Å². The highest BCUT2D eigenvalue weighted by Crippen LogP contribution is 2.56. The second-order valence-corrected chi connectivity index (χ2v) is 31.4. The van der Waals surface area contributed by atoms with Crippen molar-refractivity contribution in [1.29, 1.82) is 0 Å². The first-order chi connectivity index (χ1) is 52.3. The highest BCUT2D eigenvalue weighted by molar-refractivity contribution is 6.12. The van der Waals surface area contributed by atoms with Crippen LogP contribution in [0.3, 0.4) is 0 Å². The van der Waals surface area contributed by atoms with Gasteiger partial charge in [-0.3, -0.25) is 0 Å². The smallest absolute Gasteiger partial charge is 0.0541 e. The van der Waals surface area contributed by atoms with E-state index in [9.17, 15) is 0 Å². The topological polar surface area (TPSA) is 9.86 Å². The van der Waals surface area contributed by atoms with Gasteiger partial charge >= 0.3 is 0 Å². The van der Waals surface area contributed by atoms with E-state index in [4.69, 9.17) is 0 Å². The third-order valence-corrected chi connectivity index (χ3v) is 24.1. The first-order valence-corrected chi connectivity index (χ1v) is 37.9. The standard InChI is InChI=1S/C53H36N2.C52H40/c1-53(2)47-31-35-14-4-3-13-34(35)30-46(47)44-26-25-33-23-24-36(29-45(33)52(44)53)37-27-38(54-48-19-9-5-15-40(48)41-16-6-10-20-49(41)54)32-39(28-37)55-50-21-11-7-17-42(50)43-18-8-12-22-51(43)55;1-32(2)43-29-44(40-18-17-38-26-37(15-16-39(38)27-40)36-14-13-33-9-5-6-11-35(33)25-36)31-45(30-43)41-20-22-47-42(28-41)21-24-49-48-23-19-34-10-7-8-12-46(34)50(48)52(3,4)51(47)49/h3-32H,1-2H3;5-32H,1-4H3. The van der Waals surface area contributed by atoms with Gasteiger partial charge < -0.3 is 9.13 Å². The average Bonchev–Trinajstić information content (AvgIpc) is 1.55. The van der Waals surface area contributed by atoms with E-state index in [2.05, 4.69) is 396 Å². The molecule has 0 bridgehead atoms. The molecule has 0 saturated carbocycles. The normalized spacial score (nSPS) is 13.4. The number of hydrogen-bond acceptors (Lipinski definition) is 0. The number of aromatic nitrogens is 2. The van der Waals surface area contributed by atoms with Gasteiger partial charge in [0, 0.05) is 43.7 Å². The molecule has 0 amide bonds. The molecule has 0 saturated heterocycles. The minimum atomic E-state index is -0.147. The van der Waals surface area contributed by atoms with E-state index in [-0.39, 0.29) is 10.8 Å². The molecule has 0 fully saturated rings. The van der Waals surface area contributed by atoms with Gasteiger partial charge in [-0.1, -0.05) is 296 Å². The molecule has 0 N–H and O–H groups in total. The maximum absolute atomic E-state index is 2.46. The van der Waals surface area contributed by atoms with Crippen molar-refractivity contribution in [2.45, 2.75) is 58.3 Å². The minimum Gasteiger partial charge on any atom is -0.309 e. The van der Waals surface area contributed by atoms with E-state index < -0.39 is 0 Å². The van der Waals surface area contributed by atoms with Gasteiger partial charge in [0.15, 0.2) is 0 Å². The second kappa shape index (κ2) is 23.8. The Morgan fingerprint density at radius 1 is 0.215 bits per heavy atom. The van der Waals surface area contributed by atoms with Crippen molar-refractivity contribution in [3.63, 3.8) is 0 Å². The largest absolute Gasteiger partial charge is 0.309 e. The van der Waals surface area contributed by atoms with Gasteiger partial charge in [-0.2, -0.15) is 0 Å². The van der Waals surface area contributed by atoms with Crippen molar-refractivity contribution in [3.8, 4) is 78.1 Å². The van der Waals surface area contributed by atoms with Crippen molar-refractivity contribution in [1.82, 2.24) is 9.13 Å². The van der Waals surface area contributed by atoms with Gasteiger partial charge in [0.05, 0.1) is 22.1 Å². The van der Waals surface area contributed by atoms with Crippen LogP contribution in [0, 0.1) is 0 Å². The molecule has 0 spiro atoms. The molecule has 22 rings (SSSR count). The van der Waals surface area contributed by atoms with Gasteiger partial charge in [-0.05, 0) is 256 Å². The predicted octanol–water partition coefficient (Wildman–Crippen LogP) is 28.9. The Balaban J connectivity index is 0.000000137. The summed E-state index contributed by atoms with van der Waals surface area (Å²) in [6.07, 6.45) is 0. The summed E-state index contributed by atoms with van der Waals surface area (Å²) in [4.78, 5) is 0. The Hall–Kier alpha value is -12.9. The summed E-state index contributed by atoms with van der Waals surface area (Å²) in [5.41, 5.74) is 29.3. The highest BCUT2D eigenvalue weighted by atomic mass is 15.0. The molecule has 0 aliphatic heterocycles. The molecule has 2 aromatic heterocycles. The van der Waals surface area contributed by atoms with Gasteiger partial charge in [0.25, 0.3) is 0 Å². The minimum absolute atomic E-state index is 0.0936. The van der Waals surface area contributed by atoms with Crippen molar-refractivity contribution >= 4 is 108 Å². The molecule has 0 atom stereocenters. The van der Waals surface area contributed by atoms with E-state index in [1.807, 2.05) is 0 Å². The Morgan fingerprint density at radius 2 is 0.551 bits per heavy atom. The Labute approximate surface area is 623 Å². The first-order valence-electron chi connectivity index (χ1n) is 37.9. The average molecular weight is 1370 g/mol. The van der Waals surface area contributed by atoms with Crippen molar-refractivity contribution in [2.75, 3.05) is 0 Å². The Bertz CT molecular complexity index is 6930. The third-order valence-electron chi connectivity index (χ3n) is 24.1. The van der Waals surface area contributed by atoms with Crippen LogP contribution in [-0.2, 0) is 10.8 Å². The number of nitrogens with zero attached hydrogens (tertiary/aromatic N) is 2. The van der Waals surface area contributed by atoms with Gasteiger partial charge in [0.2, 0.25) is 0 Å². The van der Waals surface area contributed by atoms with Crippen LogP contribution in [0.4, 0.5) is 0 Å². The third kappa shape index (κ3) is 9.85. The number of hydrogen-bond donors (Lipinski definition) is 0. The van der Waals surface area contributed by atoms with Crippen LogP contribution in [0.15, 0.2) is 346 Å². The van der Waals surface area contributed by atoms with Crippen molar-refractivity contribution in [3.05, 3.63) is 374 Å². The zero-order chi connectivity index (χ0) is 71.6. The molecule has 0 unspecified atom stereocenters. The molecular formula is C105H76N2. The summed E-state index contributed by atoms with van der Waals surface area (Å²) in [5.74, 6) is 0.418. The van der Waals surface area contributed by atoms with Gasteiger partial charge in [0.1, 0.15) is 0 Å². The summed E-state index contributed by atoms with van der Waals surface area (Å²) in [7, 11) is 0. The lowest BCUT2D eigenvalue weighted by Gasteiger charge is -2.25. The summed E-state index contributed by atoms with van der Waals surface area (Å²) >= 11 is 0. The van der Waals surface area contributed by atoms with Crippen LogP contribution in [0.1, 0.15) is 75.3 Å². The Morgan fingerprint density at radius 3 is 1.07 bits per heavy atom. The molecule has 2 nitrogen and oxygen atoms in total. The molecule has 2 aliphatic carbocycles. The number of fused-ring (bicyclic) bond motifs is 21. The van der Waals surface area contributed by atoms with Crippen LogP contribution in [-0.4, -0.2) is 9.13 Å². The molecule has 18 aromatic carbocycles. The quantitative estimate of drug-likeness (QED) is 0.151. The lowest BCUT2D eigenvalue weighted by atomic mass is 9.78. The zero-order valence-corrected chi connectivity index (χ0v) is 60.9. The molecule has 2 aliphatic rings. The molecule has 506 valence electrons. The predicted molar refractivity (Wildman–Crippen MR) is 458 cm³/mol. The van der Waals surface area contributed by atoms with E-state index >= 15 is 0 Å². The van der Waals surface area contributed by atoms with Crippen molar-refractivity contribution < 1.29 is 0 Å². The SMILES string of the molecule is CC(C)c1cc(-c2ccc3cc(-c4ccc5ccccc5c4)ccc3c2)cc(-c2ccc3c4c(ccc3c2)-c2ccc3ccccc3c2C4(C)C)c1.CC1(C)c2cc3ccccc3cc2-c2ccc3ccc(-c4cc(-n5c6ccccc6c6ccccc65)cc(-n5c6ccccc6c6ccccc65)c4)cc3c21. The molecule has 0 radical (unpaired) electrons. The molecule has 107 heavy (non-hydrogen) atoms. The highest BCUT2D eigenvalue weighted by Gasteiger charge is 2.39. The summed E-state index contributed by atoms with van der Waals surface area (Å²) in [6, 6.07) is 129.